The largest absolute Gasteiger partial charge is 0.692 e. The van der Waals surface area contributed by atoms with Gasteiger partial charge in [-0.25, -0.2) is 0 Å². The number of hydrogen-bond acceptors (Lipinski definition) is 3. The van der Waals surface area contributed by atoms with Crippen molar-refractivity contribution in [3.8, 4) is 0 Å². The lowest BCUT2D eigenvalue weighted by Gasteiger charge is -1.86. The van der Waals surface area contributed by atoms with Crippen LogP contribution in [0.5, 0.6) is 0 Å². The van der Waals surface area contributed by atoms with Gasteiger partial charge in [-0.1, -0.05) is 35.4 Å². The fourth-order valence-corrected chi connectivity index (χ4v) is 1.50. The second kappa shape index (κ2) is 12.4. The lowest BCUT2D eigenvalue weighted by atomic mass is 11.0. The van der Waals surface area contributed by atoms with Gasteiger partial charge in [0.2, 0.25) is 0 Å². The highest BCUT2D eigenvalue weighted by atomic mass is 33.1. The van der Waals surface area contributed by atoms with E-state index in [1.807, 2.05) is 21.6 Å². The molecule has 0 aromatic carbocycles. The van der Waals surface area contributed by atoms with Crippen LogP contribution in [0.25, 0.3) is 0 Å². The molecule has 0 radical (unpaired) electrons. The monoisotopic (exact) mass is 203 g/mol. The zero-order valence-electron chi connectivity index (χ0n) is 5.98. The molecule has 0 spiro atoms. The van der Waals surface area contributed by atoms with Gasteiger partial charge in [0, 0.05) is 16.1 Å². The third kappa shape index (κ3) is 37.6. The summed E-state index contributed by atoms with van der Waals surface area (Å²) in [5, 5.41) is 0. The van der Waals surface area contributed by atoms with Crippen LogP contribution < -0.4 is 0 Å². The second-order valence-electron chi connectivity index (χ2n) is 1.07. The van der Waals surface area contributed by atoms with Crippen LogP contribution in [0.4, 0.5) is 0 Å². The summed E-state index contributed by atoms with van der Waals surface area (Å²) in [4.78, 5) is 14.2. The lowest BCUT2D eigenvalue weighted by Crippen LogP contribution is -1.59. The average molecular weight is 203 g/mol. The Morgan fingerprint density at radius 2 is 1.40 bits per heavy atom. The maximum absolute atomic E-state index is 8.70. The second-order valence-corrected chi connectivity index (χ2v) is 4.61. The van der Waals surface area contributed by atoms with E-state index in [1.165, 1.54) is 11.5 Å². The topological polar surface area (TPSA) is 57.5 Å². The minimum Gasteiger partial charge on any atom is -0.134 e. The minimum atomic E-state index is -2.87. The molecule has 10 heavy (non-hydrogen) atoms. The quantitative estimate of drug-likeness (QED) is 0.417. The summed E-state index contributed by atoms with van der Waals surface area (Å²) in [5.74, 6) is 2.47. The molecule has 0 heterocycles. The summed E-state index contributed by atoms with van der Waals surface area (Å²) in [6, 6.07) is 0. The van der Waals surface area contributed by atoms with Crippen molar-refractivity contribution in [2.45, 2.75) is 13.8 Å². The van der Waals surface area contributed by atoms with E-state index in [2.05, 4.69) is 13.8 Å². The lowest BCUT2D eigenvalue weighted by molar-refractivity contribution is 0.405. The molecular formula is C4H12O3PS2+. The van der Waals surface area contributed by atoms with Crippen LogP contribution in [0, 0.1) is 0 Å². The van der Waals surface area contributed by atoms with E-state index in [4.69, 9.17) is 14.4 Å². The van der Waals surface area contributed by atoms with Gasteiger partial charge in [0.15, 0.2) is 0 Å². The van der Waals surface area contributed by atoms with Crippen LogP contribution in [0.1, 0.15) is 13.8 Å². The summed E-state index contributed by atoms with van der Waals surface area (Å²) >= 11 is 0. The Labute approximate surface area is 70.0 Å². The summed E-state index contributed by atoms with van der Waals surface area (Å²) in [5.41, 5.74) is 0. The highest BCUT2D eigenvalue weighted by Crippen LogP contribution is 2.18. The Hall–Kier alpha value is 0.720. The van der Waals surface area contributed by atoms with Crippen molar-refractivity contribution < 1.29 is 14.4 Å². The molecule has 0 aliphatic heterocycles. The molecule has 0 bridgehead atoms. The molecule has 0 aliphatic rings. The molecule has 6 heteroatoms. The molecular weight excluding hydrogens is 191 g/mol. The molecule has 3 nitrogen and oxygen atoms in total. The Bertz CT molecular complexity index is 72.9. The van der Waals surface area contributed by atoms with Crippen LogP contribution in [0.3, 0.4) is 0 Å². The Morgan fingerprint density at radius 1 is 1.20 bits per heavy atom. The number of rotatable bonds is 3. The van der Waals surface area contributed by atoms with E-state index in [1.54, 1.807) is 0 Å². The van der Waals surface area contributed by atoms with Gasteiger partial charge in [-0.3, -0.25) is 0 Å². The van der Waals surface area contributed by atoms with Crippen molar-refractivity contribution in [1.82, 2.24) is 0 Å². The zero-order chi connectivity index (χ0) is 8.41. The van der Waals surface area contributed by atoms with Gasteiger partial charge in [-0.15, -0.1) is 9.79 Å². The minimum absolute atomic E-state index is 1.23. The maximum Gasteiger partial charge on any atom is 0.692 e. The molecule has 0 aromatic heterocycles. The third-order valence-corrected chi connectivity index (χ3v) is 2.87. The summed E-state index contributed by atoms with van der Waals surface area (Å²) in [6.07, 6.45) is 0. The molecule has 62 valence electrons. The van der Waals surface area contributed by atoms with E-state index in [-0.39, 0.29) is 0 Å². The fraction of sp³-hybridized carbons (Fsp3) is 1.00. The molecule has 0 saturated carbocycles. The highest BCUT2D eigenvalue weighted by Gasteiger charge is 1.93. The average Bonchev–Trinajstić information content (AvgIpc) is 1.82. The Kier molecular flexibility index (Phi) is 16.5. The Balaban J connectivity index is 0. The number of hydrogen-bond donors (Lipinski definition) is 2. The first kappa shape index (κ1) is 13.3. The molecule has 0 fully saturated rings. The molecule has 2 N–H and O–H groups in total. The van der Waals surface area contributed by atoms with Gasteiger partial charge in [0.1, 0.15) is 0 Å². The van der Waals surface area contributed by atoms with Gasteiger partial charge in [0.05, 0.1) is 0 Å². The zero-order valence-corrected chi connectivity index (χ0v) is 8.51. The fourth-order valence-electron chi connectivity index (χ4n) is 0.167. The highest BCUT2D eigenvalue weighted by molar-refractivity contribution is 8.76. The smallest absolute Gasteiger partial charge is 0.134 e. The van der Waals surface area contributed by atoms with Crippen LogP contribution in [0.2, 0.25) is 0 Å². The van der Waals surface area contributed by atoms with Crippen molar-refractivity contribution in [2.75, 3.05) is 11.5 Å². The summed E-state index contributed by atoms with van der Waals surface area (Å²) < 4.78 is 8.70. The molecule has 0 aromatic rings. The predicted molar refractivity (Wildman–Crippen MR) is 48.3 cm³/mol. The Morgan fingerprint density at radius 3 is 1.50 bits per heavy atom. The van der Waals surface area contributed by atoms with Crippen molar-refractivity contribution in [3.63, 3.8) is 0 Å². The van der Waals surface area contributed by atoms with Gasteiger partial charge in [0.25, 0.3) is 0 Å². The van der Waals surface area contributed by atoms with Crippen molar-refractivity contribution in [3.05, 3.63) is 0 Å². The molecule has 0 rings (SSSR count). The molecule has 0 unspecified atom stereocenters. The van der Waals surface area contributed by atoms with Gasteiger partial charge < -0.3 is 0 Å². The van der Waals surface area contributed by atoms with Gasteiger partial charge in [-0.2, -0.15) is 0 Å². The normalized spacial score (nSPS) is 8.00. The first-order chi connectivity index (χ1) is 4.65. The third-order valence-electron chi connectivity index (χ3n) is 0.319. The van der Waals surface area contributed by atoms with Crippen LogP contribution in [-0.4, -0.2) is 21.3 Å². The summed E-state index contributed by atoms with van der Waals surface area (Å²) in [7, 11) is 0.979. The van der Waals surface area contributed by atoms with Gasteiger partial charge in [-0.05, 0) is 0 Å². The molecule has 0 atom stereocenters. The van der Waals surface area contributed by atoms with Crippen LogP contribution in [0.15, 0.2) is 0 Å². The van der Waals surface area contributed by atoms with Gasteiger partial charge >= 0.3 is 8.25 Å². The van der Waals surface area contributed by atoms with E-state index < -0.39 is 8.25 Å². The molecule has 0 amide bonds. The van der Waals surface area contributed by atoms with Crippen molar-refractivity contribution in [2.24, 2.45) is 0 Å². The molecule has 0 aliphatic carbocycles. The van der Waals surface area contributed by atoms with Crippen molar-refractivity contribution in [1.29, 1.82) is 0 Å². The predicted octanol–water partition coefficient (Wildman–Crippen LogP) is 2.04. The van der Waals surface area contributed by atoms with E-state index >= 15 is 0 Å². The standard InChI is InChI=1S/C4H10S2.HO3P/c1-3-5-6-4-2;1-4(2)3/h3-4H2,1-2H3;(H-,1,2,3)/p+1. The van der Waals surface area contributed by atoms with Crippen LogP contribution >= 0.6 is 29.8 Å². The molecule has 0 saturated heterocycles. The first-order valence-corrected chi connectivity index (χ1v) is 6.39. The first-order valence-electron chi connectivity index (χ1n) is 2.74. The van der Waals surface area contributed by atoms with Crippen LogP contribution in [-0.2, 0) is 4.57 Å². The van der Waals surface area contributed by atoms with E-state index in [0.29, 0.717) is 0 Å². The maximum atomic E-state index is 8.70. The van der Waals surface area contributed by atoms with E-state index in [0.717, 1.165) is 0 Å². The SMILES string of the molecule is CCSSCC.O=[P+](O)O. The summed E-state index contributed by atoms with van der Waals surface area (Å²) in [6.45, 7) is 4.35. The van der Waals surface area contributed by atoms with E-state index in [9.17, 15) is 0 Å². The van der Waals surface area contributed by atoms with Crippen molar-refractivity contribution >= 4 is 29.8 Å².